The lowest BCUT2D eigenvalue weighted by molar-refractivity contribution is -0.223. The maximum absolute atomic E-state index is 11.1. The Hall–Kier alpha value is -1.30. The van der Waals surface area contributed by atoms with Gasteiger partial charge in [-0.05, 0) is 0 Å². The largest absolute Gasteiger partial charge is 0.477 e. The Bertz CT molecular complexity index is 403. The molecule has 1 amide bonds. The number of aliphatic hydroxyl groups is 5. The van der Waals surface area contributed by atoms with Crippen molar-refractivity contribution in [3.63, 3.8) is 0 Å². The molecule has 0 aromatic carbocycles. The fourth-order valence-electron chi connectivity index (χ4n) is 2.15. The third-order valence-corrected chi connectivity index (χ3v) is 3.20. The Morgan fingerprint density at radius 2 is 2.00 bits per heavy atom. The van der Waals surface area contributed by atoms with Crippen molar-refractivity contribution in [1.29, 1.82) is 0 Å². The number of aliphatic carboxylic acids is 1. The number of rotatable bonds is 6. The molecule has 1 saturated heterocycles. The average Bonchev–Trinajstić information content (AvgIpc) is 2.70. The molecule has 0 spiro atoms. The molecule has 21 heavy (non-hydrogen) atoms. The van der Waals surface area contributed by atoms with Crippen LogP contribution in [0.25, 0.3) is 0 Å². The Labute approximate surface area is 119 Å². The van der Waals surface area contributed by atoms with E-state index in [9.17, 15) is 30.0 Å². The molecule has 6 atom stereocenters. The van der Waals surface area contributed by atoms with E-state index >= 15 is 0 Å². The van der Waals surface area contributed by atoms with E-state index in [0.29, 0.717) is 0 Å². The van der Waals surface area contributed by atoms with Gasteiger partial charge in [0.05, 0.1) is 18.8 Å². The van der Waals surface area contributed by atoms with Gasteiger partial charge in [-0.15, -0.1) is 0 Å². The summed E-state index contributed by atoms with van der Waals surface area (Å²) in [7, 11) is 0. The summed E-state index contributed by atoms with van der Waals surface area (Å²) in [5.41, 5.74) is 0. The molecule has 10 heteroatoms. The topological polar surface area (TPSA) is 177 Å². The van der Waals surface area contributed by atoms with Gasteiger partial charge in [-0.3, -0.25) is 4.79 Å². The highest BCUT2D eigenvalue weighted by atomic mass is 16.7. The van der Waals surface area contributed by atoms with Crippen LogP contribution in [0.15, 0.2) is 0 Å². The van der Waals surface area contributed by atoms with Gasteiger partial charge >= 0.3 is 5.97 Å². The maximum Gasteiger partial charge on any atom is 0.364 e. The molecule has 1 aliphatic rings. The van der Waals surface area contributed by atoms with Crippen LogP contribution in [0, 0.1) is 0 Å². The predicted octanol–water partition coefficient (Wildman–Crippen LogP) is -3.87. The summed E-state index contributed by atoms with van der Waals surface area (Å²) in [4.78, 5) is 22.0. The maximum atomic E-state index is 11.1. The molecule has 0 bridgehead atoms. The highest BCUT2D eigenvalue weighted by Crippen LogP contribution is 2.31. The fourth-order valence-corrected chi connectivity index (χ4v) is 2.15. The first-order chi connectivity index (χ1) is 9.62. The van der Waals surface area contributed by atoms with Crippen molar-refractivity contribution < 1.29 is 45.0 Å². The van der Waals surface area contributed by atoms with Crippen molar-refractivity contribution in [2.24, 2.45) is 0 Å². The third-order valence-electron chi connectivity index (χ3n) is 3.20. The number of nitrogens with one attached hydrogen (secondary N) is 1. The second-order valence-electron chi connectivity index (χ2n) is 4.91. The minimum Gasteiger partial charge on any atom is -0.477 e. The quantitative estimate of drug-likeness (QED) is 0.258. The molecule has 1 fully saturated rings. The first-order valence-corrected chi connectivity index (χ1v) is 6.18. The summed E-state index contributed by atoms with van der Waals surface area (Å²) < 4.78 is 4.84. The van der Waals surface area contributed by atoms with E-state index in [2.05, 4.69) is 5.32 Å². The molecular formula is C11H19NO9. The van der Waals surface area contributed by atoms with E-state index < -0.39 is 61.1 Å². The number of carboxylic acid groups (broad SMARTS) is 1. The number of carbonyl (C=O) groups is 2. The van der Waals surface area contributed by atoms with Crippen molar-refractivity contribution in [1.82, 2.24) is 5.32 Å². The Morgan fingerprint density at radius 3 is 2.38 bits per heavy atom. The van der Waals surface area contributed by atoms with Crippen LogP contribution in [-0.4, -0.2) is 85.4 Å². The smallest absolute Gasteiger partial charge is 0.364 e. The number of hydrogen-bond donors (Lipinski definition) is 7. The highest BCUT2D eigenvalue weighted by Gasteiger charge is 2.54. The number of carbonyl (C=O) groups excluding carboxylic acids is 1. The molecule has 0 saturated carbocycles. The molecular weight excluding hydrogens is 290 g/mol. The Kier molecular flexibility index (Phi) is 5.61. The molecule has 0 radical (unpaired) electrons. The summed E-state index contributed by atoms with van der Waals surface area (Å²) in [6.07, 6.45) is -7.06. The summed E-state index contributed by atoms with van der Waals surface area (Å²) in [5.74, 6) is -5.04. The minimum atomic E-state index is -2.66. The summed E-state index contributed by atoms with van der Waals surface area (Å²) in [6.45, 7) is 0.263. The molecule has 1 aliphatic heterocycles. The first kappa shape index (κ1) is 17.8. The second kappa shape index (κ2) is 6.64. The van der Waals surface area contributed by atoms with E-state index in [1.165, 1.54) is 0 Å². The molecule has 1 heterocycles. The number of carboxylic acids is 1. The molecule has 10 nitrogen and oxygen atoms in total. The van der Waals surface area contributed by atoms with Gasteiger partial charge in [0, 0.05) is 13.3 Å². The van der Waals surface area contributed by atoms with Gasteiger partial charge in [-0.1, -0.05) is 0 Å². The third kappa shape index (κ3) is 3.87. The number of aliphatic hydroxyl groups excluding tert-OH is 4. The summed E-state index contributed by atoms with van der Waals surface area (Å²) in [6, 6.07) is -1.42. The van der Waals surface area contributed by atoms with Crippen LogP contribution in [0.1, 0.15) is 13.3 Å². The lowest BCUT2D eigenvalue weighted by atomic mass is 9.96. The van der Waals surface area contributed by atoms with Gasteiger partial charge < -0.3 is 40.7 Å². The normalized spacial score (nSPS) is 33.2. The lowest BCUT2D eigenvalue weighted by Gasteiger charge is -2.32. The monoisotopic (exact) mass is 309 g/mol. The number of amides is 1. The highest BCUT2D eigenvalue weighted by molar-refractivity contribution is 5.76. The van der Waals surface area contributed by atoms with Crippen LogP contribution in [-0.2, 0) is 14.3 Å². The van der Waals surface area contributed by atoms with E-state index in [-0.39, 0.29) is 0 Å². The molecule has 7 N–H and O–H groups in total. The zero-order chi connectivity index (χ0) is 16.4. The Morgan fingerprint density at radius 1 is 1.43 bits per heavy atom. The van der Waals surface area contributed by atoms with Gasteiger partial charge in [0.1, 0.15) is 18.3 Å². The molecule has 3 unspecified atom stereocenters. The molecule has 122 valence electrons. The lowest BCUT2D eigenvalue weighted by Crippen LogP contribution is -2.58. The zero-order valence-electron chi connectivity index (χ0n) is 11.2. The van der Waals surface area contributed by atoms with Crippen LogP contribution >= 0.6 is 0 Å². The molecule has 0 aliphatic carbocycles. The minimum absolute atomic E-state index is 0.647. The van der Waals surface area contributed by atoms with Gasteiger partial charge in [0.15, 0.2) is 0 Å². The van der Waals surface area contributed by atoms with Crippen LogP contribution in [0.5, 0.6) is 0 Å². The van der Waals surface area contributed by atoms with Gasteiger partial charge in [0.25, 0.3) is 5.79 Å². The van der Waals surface area contributed by atoms with Crippen LogP contribution in [0.3, 0.4) is 0 Å². The SMILES string of the molecule is CC(=O)N[C@@H](C(O)C(O)CO)[C@H]1OC(O)(C(=O)O)C[C@@H]1O. The molecule has 0 aromatic heterocycles. The van der Waals surface area contributed by atoms with E-state index in [0.717, 1.165) is 6.92 Å². The van der Waals surface area contributed by atoms with E-state index in [4.69, 9.17) is 14.9 Å². The van der Waals surface area contributed by atoms with Gasteiger partial charge in [-0.2, -0.15) is 0 Å². The second-order valence-corrected chi connectivity index (χ2v) is 4.91. The van der Waals surface area contributed by atoms with Gasteiger partial charge in [0.2, 0.25) is 5.91 Å². The van der Waals surface area contributed by atoms with Crippen molar-refractivity contribution in [2.45, 2.75) is 49.6 Å². The van der Waals surface area contributed by atoms with Crippen molar-refractivity contribution in [3.05, 3.63) is 0 Å². The zero-order valence-corrected chi connectivity index (χ0v) is 11.2. The van der Waals surface area contributed by atoms with Crippen molar-refractivity contribution in [2.75, 3.05) is 6.61 Å². The van der Waals surface area contributed by atoms with E-state index in [1.54, 1.807) is 0 Å². The Balaban J connectivity index is 2.98. The van der Waals surface area contributed by atoms with Crippen molar-refractivity contribution in [3.8, 4) is 0 Å². The van der Waals surface area contributed by atoms with Crippen LogP contribution < -0.4 is 5.32 Å². The van der Waals surface area contributed by atoms with Gasteiger partial charge in [-0.25, -0.2) is 4.79 Å². The van der Waals surface area contributed by atoms with Crippen LogP contribution in [0.2, 0.25) is 0 Å². The van der Waals surface area contributed by atoms with Crippen molar-refractivity contribution >= 4 is 11.9 Å². The van der Waals surface area contributed by atoms with Crippen LogP contribution in [0.4, 0.5) is 0 Å². The first-order valence-electron chi connectivity index (χ1n) is 6.18. The fraction of sp³-hybridized carbons (Fsp3) is 0.818. The molecule has 0 aromatic rings. The van der Waals surface area contributed by atoms with E-state index in [1.807, 2.05) is 0 Å². The standard InChI is InChI=1S/C11H19NO9/c1-4(14)12-7(8(17)6(16)3-13)9-5(15)2-11(20,21-9)10(18)19/h5-9,13,15-17,20H,2-3H2,1H3,(H,12,14)(H,18,19)/t5-,6?,7-,8?,9-,11?/m0/s1. The average molecular weight is 309 g/mol. The predicted molar refractivity (Wildman–Crippen MR) is 64.8 cm³/mol. The summed E-state index contributed by atoms with van der Waals surface area (Å²) >= 11 is 0. The number of hydrogen-bond acceptors (Lipinski definition) is 8. The summed E-state index contributed by atoms with van der Waals surface area (Å²) in [5, 5.41) is 58.6. The number of ether oxygens (including phenoxy) is 1. The molecule has 1 rings (SSSR count).